The minimum atomic E-state index is 0.605. The molecule has 150 valence electrons. The Morgan fingerprint density at radius 2 is 1.38 bits per heavy atom. The SMILES string of the molecule is C/C=C/c1ccccc1-c1cccc(-n2c3ccc(C#N)cc3c3cc(C#N)ccc32)c1. The summed E-state index contributed by atoms with van der Waals surface area (Å²) < 4.78 is 2.20. The van der Waals surface area contributed by atoms with Crippen LogP contribution in [0.25, 0.3) is 44.7 Å². The zero-order chi connectivity index (χ0) is 22.1. The maximum absolute atomic E-state index is 9.41. The molecular weight excluding hydrogens is 390 g/mol. The quantitative estimate of drug-likeness (QED) is 0.316. The van der Waals surface area contributed by atoms with E-state index < -0.39 is 0 Å². The highest BCUT2D eigenvalue weighted by Crippen LogP contribution is 2.35. The van der Waals surface area contributed by atoms with Crippen LogP contribution in [0.5, 0.6) is 0 Å². The molecule has 0 spiro atoms. The molecule has 5 aromatic rings. The Morgan fingerprint density at radius 3 is 2.00 bits per heavy atom. The summed E-state index contributed by atoms with van der Waals surface area (Å²) in [5.41, 5.74) is 7.74. The first kappa shape index (κ1) is 19.4. The maximum Gasteiger partial charge on any atom is 0.0991 e. The van der Waals surface area contributed by atoms with Gasteiger partial charge in [0.25, 0.3) is 0 Å². The van der Waals surface area contributed by atoms with Gasteiger partial charge in [-0.25, -0.2) is 0 Å². The molecule has 5 rings (SSSR count). The summed E-state index contributed by atoms with van der Waals surface area (Å²) in [6, 6.07) is 32.8. The number of hydrogen-bond acceptors (Lipinski definition) is 2. The van der Waals surface area contributed by atoms with Gasteiger partial charge in [-0.05, 0) is 72.1 Å². The molecule has 0 radical (unpaired) electrons. The van der Waals surface area contributed by atoms with E-state index in [0.717, 1.165) is 33.1 Å². The van der Waals surface area contributed by atoms with Crippen molar-refractivity contribution in [1.82, 2.24) is 4.57 Å². The van der Waals surface area contributed by atoms with Gasteiger partial charge in [-0.3, -0.25) is 0 Å². The molecule has 0 aliphatic rings. The van der Waals surface area contributed by atoms with Crippen molar-refractivity contribution in [3.05, 3.63) is 108 Å². The number of nitrogens with zero attached hydrogens (tertiary/aromatic N) is 3. The van der Waals surface area contributed by atoms with Crippen LogP contribution in [0.4, 0.5) is 0 Å². The first-order valence-electron chi connectivity index (χ1n) is 10.4. The summed E-state index contributed by atoms with van der Waals surface area (Å²) in [6.07, 6.45) is 4.17. The Labute approximate surface area is 186 Å². The van der Waals surface area contributed by atoms with E-state index in [-0.39, 0.29) is 0 Å². The lowest BCUT2D eigenvalue weighted by Crippen LogP contribution is -1.95. The third kappa shape index (κ3) is 3.14. The van der Waals surface area contributed by atoms with Crippen molar-refractivity contribution >= 4 is 27.9 Å². The van der Waals surface area contributed by atoms with Crippen molar-refractivity contribution in [3.8, 4) is 29.0 Å². The van der Waals surface area contributed by atoms with Crippen LogP contribution in [0.15, 0.2) is 91.0 Å². The van der Waals surface area contributed by atoms with E-state index in [1.54, 1.807) is 0 Å². The van der Waals surface area contributed by atoms with Gasteiger partial charge in [0.05, 0.1) is 34.3 Å². The number of aromatic nitrogens is 1. The fourth-order valence-electron chi connectivity index (χ4n) is 4.34. The van der Waals surface area contributed by atoms with Crippen molar-refractivity contribution in [2.24, 2.45) is 0 Å². The lowest BCUT2D eigenvalue weighted by Gasteiger charge is -2.12. The molecule has 3 nitrogen and oxygen atoms in total. The second kappa shape index (κ2) is 7.91. The zero-order valence-electron chi connectivity index (χ0n) is 17.6. The average molecular weight is 409 g/mol. The number of nitriles is 2. The Morgan fingerprint density at radius 1 is 0.719 bits per heavy atom. The average Bonchev–Trinajstić information content (AvgIpc) is 3.17. The fraction of sp³-hybridized carbons (Fsp3) is 0.0345. The number of benzene rings is 4. The summed E-state index contributed by atoms with van der Waals surface area (Å²) in [6.45, 7) is 2.02. The summed E-state index contributed by atoms with van der Waals surface area (Å²) in [5.74, 6) is 0. The van der Waals surface area contributed by atoms with Gasteiger partial charge < -0.3 is 4.57 Å². The minimum absolute atomic E-state index is 0.605. The fourth-order valence-corrected chi connectivity index (χ4v) is 4.34. The van der Waals surface area contributed by atoms with Crippen LogP contribution in [0, 0.1) is 22.7 Å². The molecule has 0 atom stereocenters. The van der Waals surface area contributed by atoms with Gasteiger partial charge in [0, 0.05) is 16.5 Å². The van der Waals surface area contributed by atoms with Crippen molar-refractivity contribution in [3.63, 3.8) is 0 Å². The molecule has 32 heavy (non-hydrogen) atoms. The lowest BCUT2D eigenvalue weighted by atomic mass is 9.99. The van der Waals surface area contributed by atoms with E-state index in [2.05, 4.69) is 77.4 Å². The molecule has 1 aromatic heterocycles. The maximum atomic E-state index is 9.41. The van der Waals surface area contributed by atoms with Gasteiger partial charge in [-0.1, -0.05) is 48.6 Å². The predicted molar refractivity (Wildman–Crippen MR) is 130 cm³/mol. The van der Waals surface area contributed by atoms with Gasteiger partial charge in [0.15, 0.2) is 0 Å². The first-order chi connectivity index (χ1) is 15.7. The van der Waals surface area contributed by atoms with Crippen LogP contribution < -0.4 is 0 Å². The van der Waals surface area contributed by atoms with Crippen LogP contribution in [-0.2, 0) is 0 Å². The van der Waals surface area contributed by atoms with Crippen LogP contribution >= 0.6 is 0 Å². The van der Waals surface area contributed by atoms with E-state index >= 15 is 0 Å². The normalized spacial score (nSPS) is 11.1. The largest absolute Gasteiger partial charge is 0.309 e. The summed E-state index contributed by atoms with van der Waals surface area (Å²) >= 11 is 0. The van der Waals surface area contributed by atoms with E-state index in [9.17, 15) is 10.5 Å². The van der Waals surface area contributed by atoms with E-state index in [0.29, 0.717) is 11.1 Å². The summed E-state index contributed by atoms with van der Waals surface area (Å²) in [7, 11) is 0. The van der Waals surface area contributed by atoms with Gasteiger partial charge in [0.2, 0.25) is 0 Å². The molecule has 3 heteroatoms. The Kier molecular flexibility index (Phi) is 4.79. The van der Waals surface area contributed by atoms with Crippen molar-refractivity contribution in [2.45, 2.75) is 6.92 Å². The van der Waals surface area contributed by atoms with E-state index in [1.807, 2.05) is 43.3 Å². The minimum Gasteiger partial charge on any atom is -0.309 e. The number of rotatable bonds is 3. The highest BCUT2D eigenvalue weighted by atomic mass is 15.0. The molecule has 0 saturated carbocycles. The Hall–Kier alpha value is -4.60. The molecule has 0 saturated heterocycles. The van der Waals surface area contributed by atoms with Gasteiger partial charge in [0.1, 0.15) is 0 Å². The summed E-state index contributed by atoms with van der Waals surface area (Å²) in [4.78, 5) is 0. The molecule has 4 aromatic carbocycles. The molecule has 0 unspecified atom stereocenters. The smallest absolute Gasteiger partial charge is 0.0991 e. The lowest BCUT2D eigenvalue weighted by molar-refractivity contribution is 1.18. The topological polar surface area (TPSA) is 52.5 Å². The second-order valence-electron chi connectivity index (χ2n) is 7.66. The highest BCUT2D eigenvalue weighted by Gasteiger charge is 2.14. The van der Waals surface area contributed by atoms with Crippen LogP contribution in [0.3, 0.4) is 0 Å². The summed E-state index contributed by atoms with van der Waals surface area (Å²) in [5, 5.41) is 20.8. The van der Waals surface area contributed by atoms with Crippen molar-refractivity contribution in [1.29, 1.82) is 10.5 Å². The molecule has 1 heterocycles. The molecule has 0 amide bonds. The second-order valence-corrected chi connectivity index (χ2v) is 7.66. The molecule has 0 aliphatic carbocycles. The van der Waals surface area contributed by atoms with E-state index in [1.165, 1.54) is 11.1 Å². The van der Waals surface area contributed by atoms with Gasteiger partial charge in [-0.2, -0.15) is 10.5 Å². The van der Waals surface area contributed by atoms with Crippen molar-refractivity contribution < 1.29 is 0 Å². The molecule has 0 fully saturated rings. The Balaban J connectivity index is 1.80. The van der Waals surface area contributed by atoms with Gasteiger partial charge >= 0.3 is 0 Å². The standard InChI is InChI=1S/C29H19N3/c1-2-6-22-7-3-4-10-25(22)23-8-5-9-24(17-23)32-28-13-11-20(18-30)15-26(28)27-16-21(19-31)12-14-29(27)32/h2-17H,1H3/b6-2+. The third-order valence-corrected chi connectivity index (χ3v) is 5.75. The third-order valence-electron chi connectivity index (χ3n) is 5.75. The van der Waals surface area contributed by atoms with E-state index in [4.69, 9.17) is 0 Å². The van der Waals surface area contributed by atoms with Gasteiger partial charge in [-0.15, -0.1) is 0 Å². The molecule has 0 aliphatic heterocycles. The van der Waals surface area contributed by atoms with Crippen LogP contribution in [-0.4, -0.2) is 4.57 Å². The van der Waals surface area contributed by atoms with Crippen molar-refractivity contribution in [2.75, 3.05) is 0 Å². The number of allylic oxidation sites excluding steroid dienone is 1. The predicted octanol–water partition coefficient (Wildman–Crippen LogP) is 7.23. The molecule has 0 N–H and O–H groups in total. The van der Waals surface area contributed by atoms with Crippen LogP contribution in [0.2, 0.25) is 0 Å². The monoisotopic (exact) mass is 409 g/mol. The first-order valence-corrected chi connectivity index (χ1v) is 10.4. The number of hydrogen-bond donors (Lipinski definition) is 0. The Bertz CT molecular complexity index is 1530. The van der Waals surface area contributed by atoms with Crippen LogP contribution in [0.1, 0.15) is 23.6 Å². The molecular formula is C29H19N3. The zero-order valence-corrected chi connectivity index (χ0v) is 17.6. The molecule has 0 bridgehead atoms. The number of fused-ring (bicyclic) bond motifs is 3. The highest BCUT2D eigenvalue weighted by molar-refractivity contribution is 6.10.